The first-order chi connectivity index (χ1) is 7.35. The molecule has 1 N–H and O–H groups in total. The summed E-state index contributed by atoms with van der Waals surface area (Å²) in [7, 11) is 1.89. The molecule has 0 aliphatic carbocycles. The van der Waals surface area contributed by atoms with Gasteiger partial charge in [0.1, 0.15) is 0 Å². The molecule has 0 amide bonds. The maximum atomic E-state index is 10.8. The van der Waals surface area contributed by atoms with Crippen molar-refractivity contribution >= 4 is 5.69 Å². The molecular weight excluding hydrogens is 204 g/mol. The van der Waals surface area contributed by atoms with Crippen LogP contribution in [0.25, 0.3) is 0 Å². The minimum absolute atomic E-state index is 0.0525. The van der Waals surface area contributed by atoms with Crippen LogP contribution in [0.15, 0.2) is 18.2 Å². The number of likely N-dealkylation sites (N-methyl/N-ethyl adjacent to an activating group) is 1. The van der Waals surface area contributed by atoms with Gasteiger partial charge in [0.2, 0.25) is 0 Å². The van der Waals surface area contributed by atoms with E-state index in [1.807, 2.05) is 13.1 Å². The highest BCUT2D eigenvalue weighted by Gasteiger charge is 2.18. The van der Waals surface area contributed by atoms with Crippen LogP contribution in [0.1, 0.15) is 25.0 Å². The van der Waals surface area contributed by atoms with Crippen molar-refractivity contribution in [1.82, 2.24) is 5.32 Å². The van der Waals surface area contributed by atoms with E-state index in [1.165, 1.54) is 0 Å². The van der Waals surface area contributed by atoms with E-state index in [1.54, 1.807) is 19.1 Å². The smallest absolute Gasteiger partial charge is 0.272 e. The number of nitrogens with one attached hydrogen (secondary N) is 1. The van der Waals surface area contributed by atoms with Crippen LogP contribution in [0.3, 0.4) is 0 Å². The van der Waals surface area contributed by atoms with E-state index in [4.69, 9.17) is 0 Å². The highest BCUT2D eigenvalue weighted by Crippen LogP contribution is 2.21. The van der Waals surface area contributed by atoms with Gasteiger partial charge in [0.25, 0.3) is 5.69 Å². The predicted molar refractivity (Wildman–Crippen MR) is 64.7 cm³/mol. The maximum Gasteiger partial charge on any atom is 0.272 e. The average molecular weight is 222 g/mol. The minimum atomic E-state index is -0.328. The van der Waals surface area contributed by atoms with Crippen LogP contribution in [0.4, 0.5) is 5.69 Å². The fraction of sp³-hybridized carbons (Fsp3) is 0.500. The summed E-state index contributed by atoms with van der Waals surface area (Å²) in [6.45, 7) is 5.89. The second-order valence-corrected chi connectivity index (χ2v) is 4.69. The van der Waals surface area contributed by atoms with Gasteiger partial charge < -0.3 is 5.32 Å². The van der Waals surface area contributed by atoms with E-state index >= 15 is 0 Å². The van der Waals surface area contributed by atoms with Crippen LogP contribution >= 0.6 is 0 Å². The molecule has 16 heavy (non-hydrogen) atoms. The molecule has 0 saturated carbocycles. The maximum absolute atomic E-state index is 10.8. The van der Waals surface area contributed by atoms with Gasteiger partial charge in [-0.1, -0.05) is 12.1 Å². The van der Waals surface area contributed by atoms with Crippen LogP contribution in [-0.4, -0.2) is 17.5 Å². The summed E-state index contributed by atoms with van der Waals surface area (Å²) in [6, 6.07) is 5.41. The predicted octanol–water partition coefficient (Wildman–Crippen LogP) is 2.44. The number of nitro benzene ring substituents is 1. The zero-order chi connectivity index (χ0) is 12.3. The standard InChI is InChI=1S/C12H18N2O2/c1-9-5-6-10(7-11(9)14(15)16)8-12(2,3)13-4/h5-7,13H,8H2,1-4H3. The van der Waals surface area contributed by atoms with Crippen LogP contribution in [0, 0.1) is 17.0 Å². The van der Waals surface area contributed by atoms with E-state index in [-0.39, 0.29) is 16.1 Å². The molecule has 0 aliphatic rings. The quantitative estimate of drug-likeness (QED) is 0.629. The minimum Gasteiger partial charge on any atom is -0.314 e. The van der Waals surface area contributed by atoms with Gasteiger partial charge in [0, 0.05) is 17.2 Å². The highest BCUT2D eigenvalue weighted by atomic mass is 16.6. The highest BCUT2D eigenvalue weighted by molar-refractivity contribution is 5.42. The molecule has 0 heterocycles. The van der Waals surface area contributed by atoms with Crippen LogP contribution in [0.2, 0.25) is 0 Å². The summed E-state index contributed by atoms with van der Waals surface area (Å²) >= 11 is 0. The lowest BCUT2D eigenvalue weighted by molar-refractivity contribution is -0.385. The molecule has 0 radical (unpaired) electrons. The van der Waals surface area contributed by atoms with Crippen molar-refractivity contribution < 1.29 is 4.92 Å². The Kier molecular flexibility index (Phi) is 3.65. The lowest BCUT2D eigenvalue weighted by Gasteiger charge is -2.23. The summed E-state index contributed by atoms with van der Waals surface area (Å²) in [4.78, 5) is 10.5. The van der Waals surface area contributed by atoms with Gasteiger partial charge in [0.15, 0.2) is 0 Å². The lowest BCUT2D eigenvalue weighted by atomic mass is 9.94. The average Bonchev–Trinajstić information content (AvgIpc) is 2.20. The molecule has 4 heteroatoms. The molecule has 0 atom stereocenters. The Morgan fingerprint density at radius 1 is 1.44 bits per heavy atom. The molecule has 88 valence electrons. The van der Waals surface area contributed by atoms with Gasteiger partial charge in [0.05, 0.1) is 4.92 Å². The molecule has 1 rings (SSSR count). The normalized spacial score (nSPS) is 11.5. The van der Waals surface area contributed by atoms with Crippen molar-refractivity contribution in [2.45, 2.75) is 32.7 Å². The fourth-order valence-corrected chi connectivity index (χ4v) is 1.56. The summed E-state index contributed by atoms with van der Waals surface area (Å²) in [5.74, 6) is 0. The van der Waals surface area contributed by atoms with E-state index in [9.17, 15) is 10.1 Å². The molecule has 1 aromatic rings. The van der Waals surface area contributed by atoms with Crippen molar-refractivity contribution in [2.75, 3.05) is 7.05 Å². The van der Waals surface area contributed by atoms with Crippen molar-refractivity contribution in [1.29, 1.82) is 0 Å². The molecule has 0 bridgehead atoms. The van der Waals surface area contributed by atoms with Crippen molar-refractivity contribution in [3.8, 4) is 0 Å². The Labute approximate surface area is 95.8 Å². The number of benzene rings is 1. The van der Waals surface area contributed by atoms with Gasteiger partial charge in [-0.2, -0.15) is 0 Å². The molecule has 0 spiro atoms. The first-order valence-corrected chi connectivity index (χ1v) is 5.28. The number of nitrogens with zero attached hydrogens (tertiary/aromatic N) is 1. The topological polar surface area (TPSA) is 55.2 Å². The zero-order valence-electron chi connectivity index (χ0n) is 10.2. The SMILES string of the molecule is CNC(C)(C)Cc1ccc(C)c([N+](=O)[O-])c1. The molecule has 0 aliphatic heterocycles. The molecule has 0 fully saturated rings. The summed E-state index contributed by atoms with van der Waals surface area (Å²) < 4.78 is 0. The number of hydrogen-bond donors (Lipinski definition) is 1. The molecule has 0 unspecified atom stereocenters. The zero-order valence-corrected chi connectivity index (χ0v) is 10.2. The Balaban J connectivity index is 3.00. The first-order valence-electron chi connectivity index (χ1n) is 5.28. The number of nitro groups is 1. The van der Waals surface area contributed by atoms with Gasteiger partial charge in [-0.3, -0.25) is 10.1 Å². The van der Waals surface area contributed by atoms with Crippen LogP contribution < -0.4 is 5.32 Å². The third-order valence-corrected chi connectivity index (χ3v) is 2.79. The second kappa shape index (κ2) is 4.61. The van der Waals surface area contributed by atoms with Crippen molar-refractivity contribution in [3.63, 3.8) is 0 Å². The van der Waals surface area contributed by atoms with E-state index in [2.05, 4.69) is 19.2 Å². The van der Waals surface area contributed by atoms with Crippen molar-refractivity contribution in [3.05, 3.63) is 39.4 Å². The third-order valence-electron chi connectivity index (χ3n) is 2.79. The van der Waals surface area contributed by atoms with Gasteiger partial charge in [-0.05, 0) is 39.8 Å². The Morgan fingerprint density at radius 2 is 2.06 bits per heavy atom. The number of hydrogen-bond acceptors (Lipinski definition) is 3. The summed E-state index contributed by atoms with van der Waals surface area (Å²) in [5.41, 5.74) is 1.83. The monoisotopic (exact) mass is 222 g/mol. The number of aryl methyl sites for hydroxylation is 1. The third kappa shape index (κ3) is 3.03. The van der Waals surface area contributed by atoms with E-state index in [0.29, 0.717) is 5.56 Å². The number of rotatable bonds is 4. The van der Waals surface area contributed by atoms with E-state index in [0.717, 1.165) is 12.0 Å². The summed E-state index contributed by atoms with van der Waals surface area (Å²) in [6.07, 6.45) is 0.768. The van der Waals surface area contributed by atoms with Gasteiger partial charge in [-0.25, -0.2) is 0 Å². The molecule has 0 saturated heterocycles. The summed E-state index contributed by atoms with van der Waals surface area (Å²) in [5, 5.41) is 14.0. The van der Waals surface area contributed by atoms with E-state index < -0.39 is 0 Å². The molecule has 1 aromatic carbocycles. The van der Waals surface area contributed by atoms with Crippen LogP contribution in [0.5, 0.6) is 0 Å². The first kappa shape index (κ1) is 12.6. The molecule has 4 nitrogen and oxygen atoms in total. The Bertz CT molecular complexity index is 400. The molecular formula is C12H18N2O2. The Morgan fingerprint density at radius 3 is 2.56 bits per heavy atom. The Hall–Kier alpha value is -1.42. The van der Waals surface area contributed by atoms with Gasteiger partial charge in [-0.15, -0.1) is 0 Å². The van der Waals surface area contributed by atoms with Crippen molar-refractivity contribution in [2.24, 2.45) is 0 Å². The van der Waals surface area contributed by atoms with Crippen LogP contribution in [-0.2, 0) is 6.42 Å². The lowest BCUT2D eigenvalue weighted by Crippen LogP contribution is -2.38. The van der Waals surface area contributed by atoms with Gasteiger partial charge >= 0.3 is 0 Å². The largest absolute Gasteiger partial charge is 0.314 e. The fourth-order valence-electron chi connectivity index (χ4n) is 1.56. The molecule has 0 aromatic heterocycles. The second-order valence-electron chi connectivity index (χ2n) is 4.69.